The van der Waals surface area contributed by atoms with Gasteiger partial charge in [-0.2, -0.15) is 0 Å². The molecule has 3 nitrogen and oxygen atoms in total. The summed E-state index contributed by atoms with van der Waals surface area (Å²) in [5, 5.41) is 21.3. The van der Waals surface area contributed by atoms with Crippen molar-refractivity contribution in [2.45, 2.75) is 112 Å². The van der Waals surface area contributed by atoms with E-state index in [4.69, 9.17) is 0 Å². The summed E-state index contributed by atoms with van der Waals surface area (Å²) in [6.45, 7) is 14.6. The lowest BCUT2D eigenvalue weighted by Gasteiger charge is -2.71. The van der Waals surface area contributed by atoms with Crippen LogP contribution in [0.25, 0.3) is 0 Å². The van der Waals surface area contributed by atoms with Crippen LogP contribution in [-0.4, -0.2) is 22.3 Å². The summed E-state index contributed by atoms with van der Waals surface area (Å²) in [7, 11) is 0. The minimum atomic E-state index is -0.539. The van der Waals surface area contributed by atoms with Crippen LogP contribution in [-0.2, 0) is 4.79 Å². The molecular formula is C29H46O3. The number of aliphatic hydroxyl groups excluding tert-OH is 1. The second-order valence-electron chi connectivity index (χ2n) is 14.0. The predicted octanol–water partition coefficient (Wildman–Crippen LogP) is 6.84. The Morgan fingerprint density at radius 2 is 1.66 bits per heavy atom. The SMILES string of the molecule is C[C@H]1CCCC2(C(=O)O)CC[C@]3(C)C(=CCC4[C@@]5(C)CC[C@H](O)C(C)(C)C5CC[C@]43C)C12. The molecule has 0 aliphatic heterocycles. The standard InChI is InChI=1S/C29H46O3/c1-18-8-7-13-29(24(31)32)17-16-27(5)19(23(18)29)9-10-21-26(4)14-12-22(30)25(2,3)20(26)11-15-28(21,27)6/h9,18,20-23,30H,7-8,10-17H2,1-6H3,(H,31,32)/t18-,20?,21?,22-,23?,26-,27+,28+,29?/m0/s1. The Labute approximate surface area is 195 Å². The second-order valence-corrected chi connectivity index (χ2v) is 14.0. The molecule has 2 N–H and O–H groups in total. The number of carboxylic acid groups (broad SMARTS) is 1. The Kier molecular flexibility index (Phi) is 4.92. The highest BCUT2D eigenvalue weighted by molar-refractivity contribution is 5.76. The van der Waals surface area contributed by atoms with Crippen molar-refractivity contribution in [2.75, 3.05) is 0 Å². The zero-order chi connectivity index (χ0) is 23.3. The van der Waals surface area contributed by atoms with Gasteiger partial charge in [0.15, 0.2) is 0 Å². The summed E-state index contributed by atoms with van der Waals surface area (Å²) >= 11 is 0. The molecule has 0 heterocycles. The quantitative estimate of drug-likeness (QED) is 0.437. The normalized spacial score (nSPS) is 54.3. The van der Waals surface area contributed by atoms with Crippen molar-refractivity contribution in [3.63, 3.8) is 0 Å². The van der Waals surface area contributed by atoms with Gasteiger partial charge in [-0.15, -0.1) is 0 Å². The lowest BCUT2D eigenvalue weighted by atomic mass is 9.33. The molecule has 5 rings (SSSR count). The highest BCUT2D eigenvalue weighted by atomic mass is 16.4. The van der Waals surface area contributed by atoms with E-state index >= 15 is 0 Å². The van der Waals surface area contributed by atoms with Crippen LogP contribution in [0.4, 0.5) is 0 Å². The molecule has 4 fully saturated rings. The minimum absolute atomic E-state index is 0.0257. The molecule has 4 unspecified atom stereocenters. The molecular weight excluding hydrogens is 396 g/mol. The maximum atomic E-state index is 12.7. The Morgan fingerprint density at radius 3 is 2.34 bits per heavy atom. The van der Waals surface area contributed by atoms with Gasteiger partial charge in [-0.25, -0.2) is 0 Å². The first-order valence-corrected chi connectivity index (χ1v) is 13.5. The summed E-state index contributed by atoms with van der Waals surface area (Å²) in [4.78, 5) is 12.7. The van der Waals surface area contributed by atoms with E-state index in [1.54, 1.807) is 0 Å². The average Bonchev–Trinajstić information content (AvgIpc) is 2.71. The summed E-state index contributed by atoms with van der Waals surface area (Å²) in [5.41, 5.74) is 1.52. The van der Waals surface area contributed by atoms with Crippen molar-refractivity contribution >= 4 is 5.97 Å². The summed E-state index contributed by atoms with van der Waals surface area (Å²) in [6.07, 6.45) is 12.9. The fourth-order valence-corrected chi connectivity index (χ4v) is 10.7. The van der Waals surface area contributed by atoms with Crippen molar-refractivity contribution in [3.05, 3.63) is 11.6 Å². The van der Waals surface area contributed by atoms with Gasteiger partial charge >= 0.3 is 5.97 Å². The fraction of sp³-hybridized carbons (Fsp3) is 0.897. The first-order valence-electron chi connectivity index (χ1n) is 13.5. The minimum Gasteiger partial charge on any atom is -0.481 e. The number of aliphatic carboxylic acids is 1. The van der Waals surface area contributed by atoms with Crippen LogP contribution in [0.15, 0.2) is 11.6 Å². The fourth-order valence-electron chi connectivity index (χ4n) is 10.7. The molecule has 32 heavy (non-hydrogen) atoms. The Balaban J connectivity index is 1.60. The smallest absolute Gasteiger partial charge is 0.310 e. The van der Waals surface area contributed by atoms with Crippen LogP contribution in [0.1, 0.15) is 106 Å². The number of carboxylic acids is 1. The van der Waals surface area contributed by atoms with E-state index in [1.807, 2.05) is 0 Å². The lowest BCUT2D eigenvalue weighted by Crippen LogP contribution is -2.65. The van der Waals surface area contributed by atoms with Gasteiger partial charge in [0.1, 0.15) is 0 Å². The molecule has 0 spiro atoms. The van der Waals surface area contributed by atoms with Gasteiger partial charge in [0.25, 0.3) is 0 Å². The molecule has 3 heteroatoms. The van der Waals surface area contributed by atoms with Crippen molar-refractivity contribution in [1.29, 1.82) is 0 Å². The summed E-state index contributed by atoms with van der Waals surface area (Å²) in [6, 6.07) is 0. The highest BCUT2D eigenvalue weighted by Crippen LogP contribution is 2.75. The van der Waals surface area contributed by atoms with E-state index in [2.05, 4.69) is 47.6 Å². The van der Waals surface area contributed by atoms with Crippen LogP contribution in [0.3, 0.4) is 0 Å². The van der Waals surface area contributed by atoms with Gasteiger partial charge in [-0.05, 0) is 96.7 Å². The van der Waals surface area contributed by atoms with Gasteiger partial charge < -0.3 is 10.2 Å². The summed E-state index contributed by atoms with van der Waals surface area (Å²) < 4.78 is 0. The number of allylic oxidation sites excluding steroid dienone is 2. The zero-order valence-corrected chi connectivity index (χ0v) is 21.3. The molecule has 5 aliphatic rings. The third-order valence-electron chi connectivity index (χ3n) is 12.8. The Morgan fingerprint density at radius 1 is 0.938 bits per heavy atom. The van der Waals surface area contributed by atoms with E-state index in [0.29, 0.717) is 17.8 Å². The molecule has 4 saturated carbocycles. The van der Waals surface area contributed by atoms with Crippen molar-refractivity contribution < 1.29 is 15.0 Å². The molecule has 0 aromatic heterocycles. The number of carbonyl (C=O) groups is 1. The molecule has 5 aliphatic carbocycles. The van der Waals surface area contributed by atoms with E-state index < -0.39 is 11.4 Å². The number of fused-ring (bicyclic) bond motifs is 7. The van der Waals surface area contributed by atoms with Crippen LogP contribution in [0.5, 0.6) is 0 Å². The topological polar surface area (TPSA) is 57.5 Å². The molecule has 180 valence electrons. The van der Waals surface area contributed by atoms with Gasteiger partial charge in [-0.1, -0.05) is 66.0 Å². The lowest BCUT2D eigenvalue weighted by molar-refractivity contribution is -0.205. The molecule has 0 aromatic rings. The first kappa shape index (κ1) is 22.9. The third-order valence-corrected chi connectivity index (χ3v) is 12.8. The third kappa shape index (κ3) is 2.56. The maximum absolute atomic E-state index is 12.7. The highest BCUT2D eigenvalue weighted by Gasteiger charge is 2.69. The molecule has 0 bridgehead atoms. The van der Waals surface area contributed by atoms with Gasteiger partial charge in [-0.3, -0.25) is 4.79 Å². The largest absolute Gasteiger partial charge is 0.481 e. The molecule has 9 atom stereocenters. The van der Waals surface area contributed by atoms with E-state index in [-0.39, 0.29) is 33.7 Å². The monoisotopic (exact) mass is 442 g/mol. The average molecular weight is 443 g/mol. The molecule has 0 amide bonds. The van der Waals surface area contributed by atoms with E-state index in [1.165, 1.54) is 24.8 Å². The molecule has 0 radical (unpaired) electrons. The van der Waals surface area contributed by atoms with Crippen LogP contribution < -0.4 is 0 Å². The Hall–Kier alpha value is -0.830. The number of hydrogen-bond donors (Lipinski definition) is 2. The van der Waals surface area contributed by atoms with Gasteiger partial charge in [0.05, 0.1) is 11.5 Å². The molecule has 0 saturated heterocycles. The van der Waals surface area contributed by atoms with Gasteiger partial charge in [0.2, 0.25) is 0 Å². The second kappa shape index (κ2) is 6.86. The number of aliphatic hydroxyl groups is 1. The predicted molar refractivity (Wildman–Crippen MR) is 128 cm³/mol. The number of hydrogen-bond acceptors (Lipinski definition) is 2. The van der Waals surface area contributed by atoms with Crippen molar-refractivity contribution in [1.82, 2.24) is 0 Å². The Bertz CT molecular complexity index is 843. The van der Waals surface area contributed by atoms with Gasteiger partial charge in [0, 0.05) is 0 Å². The molecule has 0 aromatic carbocycles. The zero-order valence-electron chi connectivity index (χ0n) is 21.3. The van der Waals surface area contributed by atoms with Crippen LogP contribution in [0, 0.1) is 50.7 Å². The van der Waals surface area contributed by atoms with E-state index in [9.17, 15) is 15.0 Å². The first-order chi connectivity index (χ1) is 14.8. The van der Waals surface area contributed by atoms with Crippen LogP contribution >= 0.6 is 0 Å². The van der Waals surface area contributed by atoms with Crippen LogP contribution in [0.2, 0.25) is 0 Å². The number of rotatable bonds is 1. The summed E-state index contributed by atoms with van der Waals surface area (Å²) in [5.74, 6) is 1.31. The van der Waals surface area contributed by atoms with Crippen molar-refractivity contribution in [2.24, 2.45) is 50.7 Å². The van der Waals surface area contributed by atoms with E-state index in [0.717, 1.165) is 44.9 Å². The van der Waals surface area contributed by atoms with Crippen molar-refractivity contribution in [3.8, 4) is 0 Å². The maximum Gasteiger partial charge on any atom is 0.310 e.